The molecule has 0 radical (unpaired) electrons. The number of nitrogens with two attached hydrogens (primary N) is 3. The van der Waals surface area contributed by atoms with Crippen LogP contribution in [0.4, 0.5) is 5.69 Å². The predicted molar refractivity (Wildman–Crippen MR) is 110 cm³/mol. The molecule has 0 atom stereocenters. The van der Waals surface area contributed by atoms with Crippen molar-refractivity contribution < 1.29 is 9.53 Å². The zero-order chi connectivity index (χ0) is 19.6. The molecule has 0 unspecified atom stereocenters. The fourth-order valence-corrected chi connectivity index (χ4v) is 3.07. The second-order valence-corrected chi connectivity index (χ2v) is 6.49. The van der Waals surface area contributed by atoms with Gasteiger partial charge in [-0.1, -0.05) is 18.2 Å². The second-order valence-electron chi connectivity index (χ2n) is 5.70. The van der Waals surface area contributed by atoms with Gasteiger partial charge in [-0.05, 0) is 63.1 Å². The van der Waals surface area contributed by atoms with Crippen LogP contribution in [0.15, 0.2) is 64.1 Å². The molecule has 0 fully saturated rings. The maximum Gasteiger partial charge on any atom is 0.343 e. The summed E-state index contributed by atoms with van der Waals surface area (Å²) in [4.78, 5) is 16.3. The number of aliphatic imine (C=N–C) groups is 1. The molecular weight excluding hydrogens is 410 g/mol. The van der Waals surface area contributed by atoms with E-state index in [4.69, 9.17) is 27.3 Å². The average Bonchev–Trinajstić information content (AvgIpc) is 2.63. The predicted octanol–water partition coefficient (Wildman–Crippen LogP) is 3.01. The Morgan fingerprint density at radius 1 is 0.963 bits per heavy atom. The molecule has 0 saturated heterocycles. The van der Waals surface area contributed by atoms with Crippen molar-refractivity contribution in [3.05, 3.63) is 70.2 Å². The zero-order valence-corrected chi connectivity index (χ0v) is 15.7. The molecule has 3 aromatic rings. The first-order valence-electron chi connectivity index (χ1n) is 7.83. The maximum absolute atomic E-state index is 12.4. The van der Waals surface area contributed by atoms with Crippen molar-refractivity contribution in [2.45, 2.75) is 0 Å². The highest BCUT2D eigenvalue weighted by atomic mass is 79.9. The van der Waals surface area contributed by atoms with Gasteiger partial charge < -0.3 is 21.9 Å². The van der Waals surface area contributed by atoms with Crippen LogP contribution >= 0.6 is 15.9 Å². The molecule has 0 aromatic heterocycles. The first-order chi connectivity index (χ1) is 12.8. The van der Waals surface area contributed by atoms with Crippen molar-refractivity contribution >= 4 is 50.2 Å². The summed E-state index contributed by atoms with van der Waals surface area (Å²) < 4.78 is 6.14. The van der Waals surface area contributed by atoms with E-state index in [1.54, 1.807) is 48.5 Å². The van der Waals surface area contributed by atoms with E-state index in [9.17, 15) is 4.79 Å². The molecule has 7 N–H and O–H groups in total. The molecular formula is C19H16BrN5O2. The lowest BCUT2D eigenvalue weighted by Gasteiger charge is -2.10. The molecule has 0 saturated carbocycles. The van der Waals surface area contributed by atoms with E-state index >= 15 is 0 Å². The minimum atomic E-state index is -0.508. The molecule has 8 heteroatoms. The minimum Gasteiger partial charge on any atom is -0.422 e. The van der Waals surface area contributed by atoms with Gasteiger partial charge in [0.15, 0.2) is 5.96 Å². The van der Waals surface area contributed by atoms with Gasteiger partial charge in [0.05, 0.1) is 15.7 Å². The summed E-state index contributed by atoms with van der Waals surface area (Å²) in [5.74, 6) is -0.186. The van der Waals surface area contributed by atoms with E-state index in [1.165, 1.54) is 0 Å². The number of nitrogens with zero attached hydrogens (tertiary/aromatic N) is 1. The molecule has 0 amide bonds. The topological polar surface area (TPSA) is 141 Å². The lowest BCUT2D eigenvalue weighted by molar-refractivity contribution is 0.0734. The van der Waals surface area contributed by atoms with Crippen molar-refractivity contribution in [1.29, 1.82) is 5.41 Å². The highest BCUT2D eigenvalue weighted by Crippen LogP contribution is 2.34. The molecule has 136 valence electrons. The number of nitrogens with one attached hydrogen (secondary N) is 1. The Bertz CT molecular complexity index is 1070. The van der Waals surface area contributed by atoms with Gasteiger partial charge in [-0.3, -0.25) is 5.41 Å². The van der Waals surface area contributed by atoms with Crippen molar-refractivity contribution in [2.75, 3.05) is 0 Å². The average molecular weight is 426 g/mol. The van der Waals surface area contributed by atoms with Crippen LogP contribution in [-0.4, -0.2) is 17.8 Å². The smallest absolute Gasteiger partial charge is 0.343 e. The largest absolute Gasteiger partial charge is 0.422 e. The first-order valence-corrected chi connectivity index (χ1v) is 8.63. The fraction of sp³-hybridized carbons (Fsp3) is 0. The number of amidine groups is 1. The summed E-state index contributed by atoms with van der Waals surface area (Å²) in [6, 6.07) is 15.2. The van der Waals surface area contributed by atoms with E-state index in [-0.39, 0.29) is 11.8 Å². The summed E-state index contributed by atoms with van der Waals surface area (Å²) in [6.45, 7) is 0. The summed E-state index contributed by atoms with van der Waals surface area (Å²) >= 11 is 3.48. The molecule has 0 aliphatic heterocycles. The Hall–Kier alpha value is -3.39. The van der Waals surface area contributed by atoms with E-state index in [0.717, 1.165) is 10.8 Å². The number of rotatable bonds is 4. The molecule has 0 bridgehead atoms. The van der Waals surface area contributed by atoms with Crippen LogP contribution < -0.4 is 21.9 Å². The van der Waals surface area contributed by atoms with Gasteiger partial charge in [-0.25, -0.2) is 9.79 Å². The van der Waals surface area contributed by atoms with E-state index < -0.39 is 5.97 Å². The first kappa shape index (κ1) is 18.4. The SMILES string of the molecule is N=C(N)c1ccc2c(Br)c(OC(=O)c3ccc(N=C(N)N)cc3)ccc2c1. The van der Waals surface area contributed by atoms with Crippen molar-refractivity contribution in [3.8, 4) is 5.75 Å². The molecule has 7 nitrogen and oxygen atoms in total. The number of hydrogen-bond donors (Lipinski definition) is 4. The van der Waals surface area contributed by atoms with Crippen molar-refractivity contribution in [3.63, 3.8) is 0 Å². The summed E-state index contributed by atoms with van der Waals surface area (Å²) in [5.41, 5.74) is 17.7. The second kappa shape index (κ2) is 7.46. The number of ether oxygens (including phenoxy) is 1. The van der Waals surface area contributed by atoms with Gasteiger partial charge >= 0.3 is 5.97 Å². The molecule has 0 aliphatic rings. The third-order valence-corrected chi connectivity index (χ3v) is 4.61. The number of halogens is 1. The van der Waals surface area contributed by atoms with Crippen LogP contribution in [0, 0.1) is 5.41 Å². The maximum atomic E-state index is 12.4. The third kappa shape index (κ3) is 4.06. The van der Waals surface area contributed by atoms with E-state index in [1.807, 2.05) is 6.07 Å². The van der Waals surface area contributed by atoms with Gasteiger partial charge in [0.2, 0.25) is 0 Å². The summed E-state index contributed by atoms with van der Waals surface area (Å²) in [7, 11) is 0. The molecule has 0 spiro atoms. The number of nitrogen functional groups attached to an aromatic ring is 1. The normalized spacial score (nSPS) is 10.4. The highest BCUT2D eigenvalue weighted by molar-refractivity contribution is 9.10. The number of carbonyl (C=O) groups excluding carboxylic acids is 1. The minimum absolute atomic E-state index is 0.00676. The number of benzene rings is 3. The Morgan fingerprint density at radius 3 is 2.26 bits per heavy atom. The van der Waals surface area contributed by atoms with Crippen LogP contribution in [-0.2, 0) is 0 Å². The van der Waals surface area contributed by atoms with Gasteiger partial charge in [-0.2, -0.15) is 0 Å². The lowest BCUT2D eigenvalue weighted by Crippen LogP contribution is -2.21. The third-order valence-electron chi connectivity index (χ3n) is 3.79. The lowest BCUT2D eigenvalue weighted by atomic mass is 10.1. The van der Waals surface area contributed by atoms with Crippen molar-refractivity contribution in [2.24, 2.45) is 22.2 Å². The number of hydrogen-bond acceptors (Lipinski definition) is 4. The quantitative estimate of drug-likeness (QED) is 0.220. The molecule has 27 heavy (non-hydrogen) atoms. The van der Waals surface area contributed by atoms with Crippen LogP contribution in [0.3, 0.4) is 0 Å². The number of esters is 1. The van der Waals surface area contributed by atoms with Gasteiger partial charge in [0.25, 0.3) is 0 Å². The fourth-order valence-electron chi connectivity index (χ4n) is 2.50. The summed E-state index contributed by atoms with van der Waals surface area (Å²) in [6.07, 6.45) is 0. The monoisotopic (exact) mass is 425 g/mol. The van der Waals surface area contributed by atoms with Gasteiger partial charge in [-0.15, -0.1) is 0 Å². The van der Waals surface area contributed by atoms with Crippen LogP contribution in [0.25, 0.3) is 10.8 Å². The zero-order valence-electron chi connectivity index (χ0n) is 14.1. The molecule has 0 heterocycles. The van der Waals surface area contributed by atoms with Crippen LogP contribution in [0.5, 0.6) is 5.75 Å². The molecule has 3 aromatic carbocycles. The summed E-state index contributed by atoms with van der Waals surface area (Å²) in [5, 5.41) is 9.23. The van der Waals surface area contributed by atoms with Crippen LogP contribution in [0.2, 0.25) is 0 Å². The van der Waals surface area contributed by atoms with E-state index in [2.05, 4.69) is 20.9 Å². The Labute approximate surface area is 163 Å². The van der Waals surface area contributed by atoms with Gasteiger partial charge in [0, 0.05) is 5.56 Å². The molecule has 0 aliphatic carbocycles. The number of fused-ring (bicyclic) bond motifs is 1. The standard InChI is InChI=1S/C19H16BrN5O2/c20-16-14-7-3-12(17(21)22)9-11(14)4-8-15(16)27-18(26)10-1-5-13(6-2-10)25-19(23)24/h1-9H,(H3,21,22)(H4,23,24,25). The van der Waals surface area contributed by atoms with E-state index in [0.29, 0.717) is 27.0 Å². The Morgan fingerprint density at radius 2 is 1.63 bits per heavy atom. The highest BCUT2D eigenvalue weighted by Gasteiger charge is 2.13. The molecule has 3 rings (SSSR count). The van der Waals surface area contributed by atoms with Gasteiger partial charge in [0.1, 0.15) is 11.6 Å². The van der Waals surface area contributed by atoms with Crippen LogP contribution in [0.1, 0.15) is 15.9 Å². The van der Waals surface area contributed by atoms with Crippen molar-refractivity contribution in [1.82, 2.24) is 0 Å². The number of carbonyl (C=O) groups is 1. The number of guanidine groups is 1. The Balaban J connectivity index is 1.86. The Kier molecular flexibility index (Phi) is 5.09.